The van der Waals surface area contributed by atoms with Crippen LogP contribution in [0, 0.1) is 12.3 Å². The van der Waals surface area contributed by atoms with Crippen molar-refractivity contribution >= 4 is 11.7 Å². The Labute approximate surface area is 187 Å². The third kappa shape index (κ3) is 7.08. The highest BCUT2D eigenvalue weighted by atomic mass is 16.2. The fourth-order valence-electron chi connectivity index (χ4n) is 4.18. The van der Waals surface area contributed by atoms with E-state index in [1.54, 1.807) is 0 Å². The number of likely N-dealkylation sites (N-methyl/N-ethyl adjacent to an activating group) is 1. The lowest BCUT2D eigenvalue weighted by Gasteiger charge is -2.36. The second-order valence-corrected chi connectivity index (χ2v) is 9.99. The molecule has 2 aromatic carbocycles. The van der Waals surface area contributed by atoms with Crippen LogP contribution in [0.25, 0.3) is 0 Å². The third-order valence-electron chi connectivity index (χ3n) is 6.22. The average Bonchev–Trinajstić information content (AvgIpc) is 3.16. The SMILES string of the molecule is Cc1cccc(NC(=O)N[C@H](CN(C)[C@H]2CCN(Cc3ccccc3)C2)C(C)(C)C)c1. The Bertz CT molecular complexity index is 846. The Morgan fingerprint density at radius 1 is 1.16 bits per heavy atom. The number of urea groups is 1. The minimum Gasteiger partial charge on any atom is -0.333 e. The fraction of sp³-hybridized carbons (Fsp3) is 0.500. The molecule has 0 bridgehead atoms. The predicted molar refractivity (Wildman–Crippen MR) is 129 cm³/mol. The number of carbonyl (C=O) groups excluding carboxylic acids is 1. The van der Waals surface area contributed by atoms with Gasteiger partial charge in [-0.1, -0.05) is 63.2 Å². The molecule has 2 atom stereocenters. The number of anilines is 1. The number of carbonyl (C=O) groups is 1. The molecule has 3 rings (SSSR count). The molecule has 5 nitrogen and oxygen atoms in total. The lowest BCUT2D eigenvalue weighted by atomic mass is 9.86. The van der Waals surface area contributed by atoms with Gasteiger partial charge in [0.05, 0.1) is 0 Å². The number of nitrogens with zero attached hydrogens (tertiary/aromatic N) is 2. The van der Waals surface area contributed by atoms with Crippen molar-refractivity contribution in [1.29, 1.82) is 0 Å². The van der Waals surface area contributed by atoms with Gasteiger partial charge in [-0.2, -0.15) is 0 Å². The largest absolute Gasteiger partial charge is 0.333 e. The number of hydrogen-bond donors (Lipinski definition) is 2. The quantitative estimate of drug-likeness (QED) is 0.678. The van der Waals surface area contributed by atoms with E-state index in [0.717, 1.165) is 43.9 Å². The molecule has 0 aromatic heterocycles. The number of nitrogens with one attached hydrogen (secondary N) is 2. The number of rotatable bonds is 7. The van der Waals surface area contributed by atoms with Crippen molar-refractivity contribution in [3.63, 3.8) is 0 Å². The van der Waals surface area contributed by atoms with Crippen LogP contribution in [0.3, 0.4) is 0 Å². The van der Waals surface area contributed by atoms with Crippen LogP contribution >= 0.6 is 0 Å². The molecule has 1 heterocycles. The molecule has 2 N–H and O–H groups in total. The first-order chi connectivity index (χ1) is 14.7. The molecule has 168 valence electrons. The molecule has 1 aliphatic rings. The highest BCUT2D eigenvalue weighted by Crippen LogP contribution is 2.23. The van der Waals surface area contributed by atoms with E-state index in [1.165, 1.54) is 5.56 Å². The molecule has 1 aliphatic heterocycles. The molecule has 1 saturated heterocycles. The van der Waals surface area contributed by atoms with Gasteiger partial charge in [0, 0.05) is 44.0 Å². The van der Waals surface area contributed by atoms with E-state index < -0.39 is 0 Å². The van der Waals surface area contributed by atoms with E-state index in [9.17, 15) is 4.79 Å². The summed E-state index contributed by atoms with van der Waals surface area (Å²) in [4.78, 5) is 17.6. The predicted octanol–water partition coefficient (Wildman–Crippen LogP) is 4.74. The Balaban J connectivity index is 1.54. The highest BCUT2D eigenvalue weighted by Gasteiger charge is 2.32. The second kappa shape index (κ2) is 10.3. The molecule has 31 heavy (non-hydrogen) atoms. The molecule has 2 amide bonds. The minimum atomic E-state index is -0.143. The van der Waals surface area contributed by atoms with Gasteiger partial charge in [-0.3, -0.25) is 4.90 Å². The maximum absolute atomic E-state index is 12.7. The van der Waals surface area contributed by atoms with Crippen molar-refractivity contribution in [3.8, 4) is 0 Å². The summed E-state index contributed by atoms with van der Waals surface area (Å²) in [6, 6.07) is 19.0. The van der Waals surface area contributed by atoms with Gasteiger partial charge < -0.3 is 15.5 Å². The summed E-state index contributed by atoms with van der Waals surface area (Å²) in [5, 5.41) is 6.21. The molecule has 0 saturated carbocycles. The molecule has 0 spiro atoms. The maximum Gasteiger partial charge on any atom is 0.319 e. The number of aryl methyl sites for hydroxylation is 1. The van der Waals surface area contributed by atoms with Crippen molar-refractivity contribution in [2.45, 2.75) is 52.7 Å². The summed E-state index contributed by atoms with van der Waals surface area (Å²) in [6.07, 6.45) is 1.16. The lowest BCUT2D eigenvalue weighted by Crippen LogP contribution is -2.53. The molecular weight excluding hydrogens is 384 g/mol. The van der Waals surface area contributed by atoms with Crippen LogP contribution in [0.15, 0.2) is 54.6 Å². The van der Waals surface area contributed by atoms with Gasteiger partial charge in [-0.25, -0.2) is 4.79 Å². The second-order valence-electron chi connectivity index (χ2n) is 9.99. The highest BCUT2D eigenvalue weighted by molar-refractivity contribution is 5.89. The zero-order valence-corrected chi connectivity index (χ0v) is 19.7. The monoisotopic (exact) mass is 422 g/mol. The summed E-state index contributed by atoms with van der Waals surface area (Å²) in [7, 11) is 2.19. The first kappa shape index (κ1) is 23.3. The van der Waals surface area contributed by atoms with Gasteiger partial charge in [0.1, 0.15) is 0 Å². The first-order valence-corrected chi connectivity index (χ1v) is 11.3. The van der Waals surface area contributed by atoms with Gasteiger partial charge in [0.25, 0.3) is 0 Å². The van der Waals surface area contributed by atoms with E-state index in [2.05, 4.69) is 78.6 Å². The molecule has 2 aromatic rings. The van der Waals surface area contributed by atoms with Crippen LogP contribution in [0.2, 0.25) is 0 Å². The summed E-state index contributed by atoms with van der Waals surface area (Å²) in [5.74, 6) is 0. The molecule has 0 radical (unpaired) electrons. The van der Waals surface area contributed by atoms with E-state index in [0.29, 0.717) is 6.04 Å². The lowest BCUT2D eigenvalue weighted by molar-refractivity contribution is 0.160. The molecule has 0 unspecified atom stereocenters. The average molecular weight is 423 g/mol. The summed E-state index contributed by atoms with van der Waals surface area (Å²) >= 11 is 0. The number of likely N-dealkylation sites (tertiary alicyclic amines) is 1. The number of hydrogen-bond acceptors (Lipinski definition) is 3. The summed E-state index contributed by atoms with van der Waals surface area (Å²) in [5.41, 5.74) is 3.28. The van der Waals surface area contributed by atoms with E-state index in [1.807, 2.05) is 31.2 Å². The van der Waals surface area contributed by atoms with Gasteiger partial charge >= 0.3 is 6.03 Å². The number of benzene rings is 2. The van der Waals surface area contributed by atoms with Crippen molar-refractivity contribution in [2.75, 3.05) is 32.0 Å². The van der Waals surface area contributed by atoms with E-state index in [4.69, 9.17) is 0 Å². The fourth-order valence-corrected chi connectivity index (χ4v) is 4.18. The maximum atomic E-state index is 12.7. The van der Waals surface area contributed by atoms with E-state index >= 15 is 0 Å². The van der Waals surface area contributed by atoms with Gasteiger partial charge in [-0.05, 0) is 49.1 Å². The zero-order chi connectivity index (χ0) is 22.4. The molecular formula is C26H38N4O. The molecule has 5 heteroatoms. The van der Waals surface area contributed by atoms with Crippen LogP contribution in [-0.2, 0) is 6.54 Å². The summed E-state index contributed by atoms with van der Waals surface area (Å²) in [6.45, 7) is 12.6. The summed E-state index contributed by atoms with van der Waals surface area (Å²) < 4.78 is 0. The third-order valence-corrected chi connectivity index (χ3v) is 6.22. The van der Waals surface area contributed by atoms with Gasteiger partial charge in [-0.15, -0.1) is 0 Å². The standard InChI is InChI=1S/C26H38N4O/c1-20-10-9-13-22(16-20)27-25(31)28-24(26(2,3)4)19-29(5)23-14-15-30(18-23)17-21-11-7-6-8-12-21/h6-13,16,23-24H,14-15,17-19H2,1-5H3,(H2,27,28,31)/t23-,24+/m0/s1. The Morgan fingerprint density at radius 3 is 2.58 bits per heavy atom. The Hall–Kier alpha value is -2.37. The van der Waals surface area contributed by atoms with Crippen LogP contribution in [0.5, 0.6) is 0 Å². The zero-order valence-electron chi connectivity index (χ0n) is 19.7. The van der Waals surface area contributed by atoms with Crippen molar-refractivity contribution in [2.24, 2.45) is 5.41 Å². The van der Waals surface area contributed by atoms with Crippen molar-refractivity contribution in [1.82, 2.24) is 15.1 Å². The van der Waals surface area contributed by atoms with Crippen LogP contribution in [0.1, 0.15) is 38.3 Å². The van der Waals surface area contributed by atoms with Crippen molar-refractivity contribution in [3.05, 3.63) is 65.7 Å². The number of amides is 2. The van der Waals surface area contributed by atoms with Crippen molar-refractivity contribution < 1.29 is 4.79 Å². The van der Waals surface area contributed by atoms with Crippen LogP contribution in [0.4, 0.5) is 10.5 Å². The Morgan fingerprint density at radius 2 is 1.90 bits per heavy atom. The van der Waals surface area contributed by atoms with Gasteiger partial charge in [0.15, 0.2) is 0 Å². The molecule has 0 aliphatic carbocycles. The minimum absolute atomic E-state index is 0.0411. The normalized spacial score (nSPS) is 18.2. The molecule has 1 fully saturated rings. The smallest absolute Gasteiger partial charge is 0.319 e. The van der Waals surface area contributed by atoms with Gasteiger partial charge in [0.2, 0.25) is 0 Å². The van der Waals surface area contributed by atoms with E-state index in [-0.39, 0.29) is 17.5 Å². The topological polar surface area (TPSA) is 47.6 Å². The Kier molecular flexibility index (Phi) is 7.74. The van der Waals surface area contributed by atoms with Crippen LogP contribution < -0.4 is 10.6 Å². The van der Waals surface area contributed by atoms with Crippen LogP contribution in [-0.4, -0.2) is 54.6 Å². The first-order valence-electron chi connectivity index (χ1n) is 11.3.